The second-order valence-electron chi connectivity index (χ2n) is 8.34. The maximum absolute atomic E-state index is 13.6. The fourth-order valence-electron chi connectivity index (χ4n) is 3.87. The second-order valence-corrected chi connectivity index (χ2v) is 8.34. The van der Waals surface area contributed by atoms with Gasteiger partial charge in [0, 0.05) is 17.8 Å². The lowest BCUT2D eigenvalue weighted by Gasteiger charge is -2.25. The number of aliphatic hydroxyl groups is 1. The van der Waals surface area contributed by atoms with Crippen molar-refractivity contribution in [3.8, 4) is 5.88 Å². The lowest BCUT2D eigenvalue weighted by Crippen LogP contribution is -2.32. The number of hydrogen-bond acceptors (Lipinski definition) is 7. The van der Waals surface area contributed by atoms with Crippen LogP contribution in [-0.4, -0.2) is 38.6 Å². The summed E-state index contributed by atoms with van der Waals surface area (Å²) in [4.78, 5) is 32.3. The minimum atomic E-state index is -0.926. The normalized spacial score (nSPS) is 15.9. The van der Waals surface area contributed by atoms with Crippen LogP contribution in [0.4, 0.5) is 5.82 Å². The molecule has 3 aromatic rings. The molecule has 34 heavy (non-hydrogen) atoms. The maximum Gasteiger partial charge on any atom is 0.295 e. The number of anilines is 1. The summed E-state index contributed by atoms with van der Waals surface area (Å²) in [6.45, 7) is 8.22. The highest BCUT2D eigenvalue weighted by molar-refractivity contribution is 6.20. The first-order chi connectivity index (χ1) is 16.3. The number of carbonyl (C=O) groups is 2. The summed E-state index contributed by atoms with van der Waals surface area (Å²) in [5, 5.41) is 19.0. The highest BCUT2D eigenvalue weighted by Gasteiger charge is 2.45. The Morgan fingerprint density at radius 3 is 2.38 bits per heavy atom. The standard InChI is InChI=1S/C26H26N4O4/c1-5-34-21-13-11-19(14-27-21)23-22(24(31)18-9-7-17(8-10-18)15(2)3)25(32)26(33)30(23)20-12-6-16(4)28-29-20/h6-15,23,32H,5H2,1-4H3/t23-/m0/s1. The molecule has 0 unspecified atom stereocenters. The van der Waals surface area contributed by atoms with E-state index in [-0.39, 0.29) is 11.4 Å². The third kappa shape index (κ3) is 4.26. The van der Waals surface area contributed by atoms with Crippen LogP contribution >= 0.6 is 0 Å². The van der Waals surface area contributed by atoms with Gasteiger partial charge in [0.15, 0.2) is 17.4 Å². The number of rotatable bonds is 7. The Hall–Kier alpha value is -4.07. The van der Waals surface area contributed by atoms with E-state index in [9.17, 15) is 14.7 Å². The number of ether oxygens (including phenoxy) is 1. The van der Waals surface area contributed by atoms with Crippen LogP contribution in [0.2, 0.25) is 0 Å². The average molecular weight is 459 g/mol. The molecular weight excluding hydrogens is 432 g/mol. The summed E-state index contributed by atoms with van der Waals surface area (Å²) in [5.41, 5.74) is 2.63. The topological polar surface area (TPSA) is 106 Å². The number of aromatic nitrogens is 3. The summed E-state index contributed by atoms with van der Waals surface area (Å²) in [7, 11) is 0. The van der Waals surface area contributed by atoms with E-state index in [1.807, 2.05) is 19.1 Å². The van der Waals surface area contributed by atoms with Gasteiger partial charge in [-0.3, -0.25) is 14.5 Å². The molecule has 0 radical (unpaired) electrons. The Kier molecular flexibility index (Phi) is 6.40. The van der Waals surface area contributed by atoms with Crippen LogP contribution in [0.1, 0.15) is 59.9 Å². The van der Waals surface area contributed by atoms with E-state index in [2.05, 4.69) is 29.0 Å². The number of aliphatic hydroxyl groups excluding tert-OH is 1. The van der Waals surface area contributed by atoms with Crippen molar-refractivity contribution in [2.45, 2.75) is 39.7 Å². The molecule has 1 amide bonds. The molecular formula is C26H26N4O4. The molecule has 174 valence electrons. The molecule has 8 heteroatoms. The number of amides is 1. The molecule has 1 aromatic carbocycles. The Labute approximate surface area is 197 Å². The molecule has 1 N–H and O–H groups in total. The number of hydrogen-bond donors (Lipinski definition) is 1. The zero-order chi connectivity index (χ0) is 24.4. The first-order valence-electron chi connectivity index (χ1n) is 11.1. The summed E-state index contributed by atoms with van der Waals surface area (Å²) in [5.74, 6) is -0.828. The predicted octanol–water partition coefficient (Wildman–Crippen LogP) is 4.49. The lowest BCUT2D eigenvalue weighted by molar-refractivity contribution is -0.117. The highest BCUT2D eigenvalue weighted by Crippen LogP contribution is 2.41. The van der Waals surface area contributed by atoms with Gasteiger partial charge in [0.2, 0.25) is 5.88 Å². The second kappa shape index (κ2) is 9.43. The van der Waals surface area contributed by atoms with Gasteiger partial charge in [-0.2, -0.15) is 5.10 Å². The van der Waals surface area contributed by atoms with Crippen LogP contribution in [0.5, 0.6) is 5.88 Å². The lowest BCUT2D eigenvalue weighted by atomic mass is 9.92. The van der Waals surface area contributed by atoms with Gasteiger partial charge in [-0.05, 0) is 49.1 Å². The molecule has 0 spiro atoms. The Morgan fingerprint density at radius 1 is 1.09 bits per heavy atom. The molecule has 1 aliphatic rings. The Bertz CT molecular complexity index is 1230. The van der Waals surface area contributed by atoms with Crippen molar-refractivity contribution in [1.82, 2.24) is 15.2 Å². The van der Waals surface area contributed by atoms with E-state index in [4.69, 9.17) is 4.74 Å². The fourth-order valence-corrected chi connectivity index (χ4v) is 3.87. The average Bonchev–Trinajstić information content (AvgIpc) is 3.10. The van der Waals surface area contributed by atoms with Crippen molar-refractivity contribution >= 4 is 17.5 Å². The zero-order valence-electron chi connectivity index (χ0n) is 19.5. The van der Waals surface area contributed by atoms with E-state index >= 15 is 0 Å². The predicted molar refractivity (Wildman–Crippen MR) is 127 cm³/mol. The molecule has 0 saturated carbocycles. The monoisotopic (exact) mass is 458 g/mol. The SMILES string of the molecule is CCOc1ccc([C@H]2C(C(=O)c3ccc(C(C)C)cc3)=C(O)C(=O)N2c2ccc(C)nn2)cn1. The van der Waals surface area contributed by atoms with E-state index in [0.717, 1.165) is 5.56 Å². The van der Waals surface area contributed by atoms with E-state index < -0.39 is 23.5 Å². The van der Waals surface area contributed by atoms with E-state index in [0.29, 0.717) is 35.2 Å². The van der Waals surface area contributed by atoms with Gasteiger partial charge in [0.25, 0.3) is 5.91 Å². The molecule has 1 atom stereocenters. The number of Topliss-reactive ketones (excluding diaryl/α,β-unsaturated/α-hetero) is 1. The van der Waals surface area contributed by atoms with Crippen molar-refractivity contribution in [2.75, 3.05) is 11.5 Å². The number of benzene rings is 1. The molecule has 0 aliphatic carbocycles. The largest absolute Gasteiger partial charge is 0.503 e. The van der Waals surface area contributed by atoms with Crippen molar-refractivity contribution < 1.29 is 19.4 Å². The van der Waals surface area contributed by atoms with Gasteiger partial charge in [-0.1, -0.05) is 38.1 Å². The molecule has 4 rings (SSSR count). The molecule has 0 bridgehead atoms. The van der Waals surface area contributed by atoms with Crippen LogP contribution in [0, 0.1) is 6.92 Å². The molecule has 0 fully saturated rings. The molecule has 2 aromatic heterocycles. The van der Waals surface area contributed by atoms with E-state index in [1.54, 1.807) is 43.3 Å². The Balaban J connectivity index is 1.81. The van der Waals surface area contributed by atoms with Crippen LogP contribution in [0.25, 0.3) is 0 Å². The summed E-state index contributed by atoms with van der Waals surface area (Å²) in [6.07, 6.45) is 1.53. The minimum absolute atomic E-state index is 0.0318. The third-order valence-corrected chi connectivity index (χ3v) is 5.69. The number of pyridine rings is 1. The molecule has 3 heterocycles. The highest BCUT2D eigenvalue weighted by atomic mass is 16.5. The summed E-state index contributed by atoms with van der Waals surface area (Å²) < 4.78 is 5.42. The van der Waals surface area contributed by atoms with Gasteiger partial charge in [-0.15, -0.1) is 5.10 Å². The number of nitrogens with zero attached hydrogens (tertiary/aromatic N) is 4. The quantitative estimate of drug-likeness (QED) is 0.520. The summed E-state index contributed by atoms with van der Waals surface area (Å²) in [6, 6.07) is 13.0. The van der Waals surface area contributed by atoms with Gasteiger partial charge in [-0.25, -0.2) is 4.98 Å². The van der Waals surface area contributed by atoms with Gasteiger partial charge in [0.1, 0.15) is 0 Å². The van der Waals surface area contributed by atoms with Crippen LogP contribution in [0.3, 0.4) is 0 Å². The number of ketones is 1. The first-order valence-corrected chi connectivity index (χ1v) is 11.1. The number of aryl methyl sites for hydroxylation is 1. The van der Waals surface area contributed by atoms with Crippen molar-refractivity contribution in [2.24, 2.45) is 0 Å². The smallest absolute Gasteiger partial charge is 0.295 e. The zero-order valence-corrected chi connectivity index (χ0v) is 19.5. The van der Waals surface area contributed by atoms with Crippen LogP contribution < -0.4 is 9.64 Å². The summed E-state index contributed by atoms with van der Waals surface area (Å²) >= 11 is 0. The van der Waals surface area contributed by atoms with Crippen LogP contribution in [0.15, 0.2) is 66.1 Å². The number of carbonyl (C=O) groups excluding carboxylic acids is 2. The van der Waals surface area contributed by atoms with Crippen molar-refractivity contribution in [3.63, 3.8) is 0 Å². The van der Waals surface area contributed by atoms with Gasteiger partial charge < -0.3 is 9.84 Å². The van der Waals surface area contributed by atoms with Gasteiger partial charge in [0.05, 0.1) is 23.9 Å². The molecule has 8 nitrogen and oxygen atoms in total. The Morgan fingerprint density at radius 2 is 1.82 bits per heavy atom. The molecule has 0 saturated heterocycles. The van der Waals surface area contributed by atoms with E-state index in [1.165, 1.54) is 11.1 Å². The minimum Gasteiger partial charge on any atom is -0.503 e. The van der Waals surface area contributed by atoms with Crippen molar-refractivity contribution in [3.05, 3.63) is 88.4 Å². The first kappa shape index (κ1) is 23.1. The van der Waals surface area contributed by atoms with Crippen molar-refractivity contribution in [1.29, 1.82) is 0 Å². The fraction of sp³-hybridized carbons (Fsp3) is 0.269. The van der Waals surface area contributed by atoms with Gasteiger partial charge >= 0.3 is 0 Å². The molecule has 1 aliphatic heterocycles. The maximum atomic E-state index is 13.6. The third-order valence-electron chi connectivity index (χ3n) is 5.69. The van der Waals surface area contributed by atoms with Crippen LogP contribution in [-0.2, 0) is 4.79 Å².